The van der Waals surface area contributed by atoms with Crippen molar-refractivity contribution in [1.82, 2.24) is 9.55 Å². The van der Waals surface area contributed by atoms with Gasteiger partial charge in [0.05, 0.1) is 6.61 Å². The highest BCUT2D eigenvalue weighted by Crippen LogP contribution is 2.28. The van der Waals surface area contributed by atoms with E-state index in [2.05, 4.69) is 4.98 Å². The Bertz CT molecular complexity index is 565. The van der Waals surface area contributed by atoms with E-state index in [0.717, 1.165) is 4.57 Å². The second-order valence-corrected chi connectivity index (χ2v) is 4.48. The number of rotatable bonds is 3. The Labute approximate surface area is 108 Å². The number of aromatic amines is 1. The molecular formula is C11H16N2O6. The van der Waals surface area contributed by atoms with Crippen LogP contribution in [0.25, 0.3) is 0 Å². The Balaban J connectivity index is 2.35. The normalized spacial score (nSPS) is 30.7. The van der Waals surface area contributed by atoms with Gasteiger partial charge in [0.15, 0.2) is 6.23 Å². The van der Waals surface area contributed by atoms with Gasteiger partial charge in [-0.15, -0.1) is 0 Å². The lowest BCUT2D eigenvalue weighted by atomic mass is 10.1. The molecule has 106 valence electrons. The summed E-state index contributed by atoms with van der Waals surface area (Å²) >= 11 is 0. The number of aromatic nitrogens is 2. The molecular weight excluding hydrogens is 256 g/mol. The first-order valence-electron chi connectivity index (χ1n) is 5.78. The number of aliphatic hydroxyl groups excluding tert-OH is 2. The molecule has 1 aromatic heterocycles. The highest BCUT2D eigenvalue weighted by molar-refractivity contribution is 5.03. The molecule has 1 saturated heterocycles. The van der Waals surface area contributed by atoms with E-state index in [0.29, 0.717) is 5.56 Å². The van der Waals surface area contributed by atoms with Gasteiger partial charge in [-0.25, -0.2) is 4.79 Å². The number of hydrogen-bond acceptors (Lipinski definition) is 6. The maximum absolute atomic E-state index is 11.7. The molecule has 8 heteroatoms. The maximum Gasteiger partial charge on any atom is 0.330 e. The lowest BCUT2D eigenvalue weighted by Crippen LogP contribution is -2.38. The highest BCUT2D eigenvalue weighted by Gasteiger charge is 2.44. The largest absolute Gasteiger partial charge is 0.387 e. The van der Waals surface area contributed by atoms with Gasteiger partial charge in [0, 0.05) is 18.9 Å². The first-order valence-corrected chi connectivity index (χ1v) is 5.78. The summed E-state index contributed by atoms with van der Waals surface area (Å²) in [5, 5.41) is 19.7. The van der Waals surface area contributed by atoms with Crippen molar-refractivity contribution in [1.29, 1.82) is 0 Å². The Morgan fingerprint density at radius 1 is 1.42 bits per heavy atom. The van der Waals surface area contributed by atoms with Crippen LogP contribution < -0.4 is 11.2 Å². The molecule has 4 atom stereocenters. The van der Waals surface area contributed by atoms with Crippen molar-refractivity contribution in [2.45, 2.75) is 31.5 Å². The third-order valence-corrected chi connectivity index (χ3v) is 3.09. The molecule has 1 aliphatic rings. The molecule has 0 radical (unpaired) electrons. The van der Waals surface area contributed by atoms with Gasteiger partial charge in [0.1, 0.15) is 18.3 Å². The SMILES string of the molecule is COC[C@H]1O[C@@H](n2cc(C)c(=O)[nH]c2=O)[C@H](O)[C@@H]1O. The van der Waals surface area contributed by atoms with E-state index in [1.54, 1.807) is 0 Å². The molecule has 2 rings (SSSR count). The summed E-state index contributed by atoms with van der Waals surface area (Å²) in [7, 11) is 1.44. The smallest absolute Gasteiger partial charge is 0.330 e. The zero-order chi connectivity index (χ0) is 14.2. The number of H-pyrrole nitrogens is 1. The van der Waals surface area contributed by atoms with Crippen LogP contribution >= 0.6 is 0 Å². The highest BCUT2D eigenvalue weighted by atomic mass is 16.6. The lowest BCUT2D eigenvalue weighted by molar-refractivity contribution is -0.0615. The monoisotopic (exact) mass is 272 g/mol. The van der Waals surface area contributed by atoms with E-state index in [1.807, 2.05) is 0 Å². The summed E-state index contributed by atoms with van der Waals surface area (Å²) < 4.78 is 11.3. The van der Waals surface area contributed by atoms with Crippen molar-refractivity contribution >= 4 is 0 Å². The third-order valence-electron chi connectivity index (χ3n) is 3.09. The molecule has 0 amide bonds. The van der Waals surface area contributed by atoms with E-state index in [4.69, 9.17) is 9.47 Å². The van der Waals surface area contributed by atoms with Crippen LogP contribution in [0.15, 0.2) is 15.8 Å². The van der Waals surface area contributed by atoms with Crippen LogP contribution in [0.3, 0.4) is 0 Å². The van der Waals surface area contributed by atoms with Crippen LogP contribution in [0.5, 0.6) is 0 Å². The number of aryl methyl sites for hydroxylation is 1. The average Bonchev–Trinajstić information content (AvgIpc) is 2.63. The Hall–Kier alpha value is -1.48. The van der Waals surface area contributed by atoms with Gasteiger partial charge in [0.25, 0.3) is 5.56 Å². The van der Waals surface area contributed by atoms with Gasteiger partial charge in [-0.1, -0.05) is 0 Å². The summed E-state index contributed by atoms with van der Waals surface area (Å²) in [5.41, 5.74) is -0.896. The van der Waals surface area contributed by atoms with Crippen molar-refractivity contribution in [3.8, 4) is 0 Å². The fraction of sp³-hybridized carbons (Fsp3) is 0.636. The van der Waals surface area contributed by atoms with Crippen LogP contribution in [0.2, 0.25) is 0 Å². The van der Waals surface area contributed by atoms with Crippen LogP contribution in [0.1, 0.15) is 11.8 Å². The van der Waals surface area contributed by atoms with Gasteiger partial charge < -0.3 is 19.7 Å². The Morgan fingerprint density at radius 2 is 2.11 bits per heavy atom. The molecule has 1 aromatic rings. The van der Waals surface area contributed by atoms with E-state index >= 15 is 0 Å². The first-order chi connectivity index (χ1) is 8.95. The summed E-state index contributed by atoms with van der Waals surface area (Å²) in [5.74, 6) is 0. The number of ether oxygens (including phenoxy) is 2. The van der Waals surface area contributed by atoms with Crippen molar-refractivity contribution in [3.63, 3.8) is 0 Å². The van der Waals surface area contributed by atoms with E-state index in [-0.39, 0.29) is 6.61 Å². The molecule has 0 spiro atoms. The number of aliphatic hydroxyl groups is 2. The third kappa shape index (κ3) is 2.47. The molecule has 2 heterocycles. The van der Waals surface area contributed by atoms with Crippen LogP contribution in [0, 0.1) is 6.92 Å². The average molecular weight is 272 g/mol. The topological polar surface area (TPSA) is 114 Å². The zero-order valence-electron chi connectivity index (χ0n) is 10.6. The maximum atomic E-state index is 11.7. The van der Waals surface area contributed by atoms with Crippen LogP contribution in [0.4, 0.5) is 0 Å². The molecule has 3 N–H and O–H groups in total. The van der Waals surface area contributed by atoms with Crippen molar-refractivity contribution in [2.24, 2.45) is 0 Å². The van der Waals surface area contributed by atoms with Crippen molar-refractivity contribution in [3.05, 3.63) is 32.6 Å². The number of methoxy groups -OCH3 is 1. The molecule has 0 saturated carbocycles. The molecule has 0 aromatic carbocycles. The fourth-order valence-corrected chi connectivity index (χ4v) is 2.04. The van der Waals surface area contributed by atoms with Crippen LogP contribution in [-0.4, -0.2) is 51.8 Å². The minimum Gasteiger partial charge on any atom is -0.387 e. The summed E-state index contributed by atoms with van der Waals surface area (Å²) in [6, 6.07) is 0. The molecule has 1 fully saturated rings. The van der Waals surface area contributed by atoms with Gasteiger partial charge in [-0.2, -0.15) is 0 Å². The first kappa shape index (κ1) is 13.9. The molecule has 19 heavy (non-hydrogen) atoms. The van der Waals surface area contributed by atoms with E-state index < -0.39 is 35.8 Å². The van der Waals surface area contributed by atoms with Gasteiger partial charge in [0.2, 0.25) is 0 Å². The number of nitrogens with one attached hydrogen (secondary N) is 1. The van der Waals surface area contributed by atoms with E-state index in [9.17, 15) is 19.8 Å². The standard InChI is InChI=1S/C11H16N2O6/c1-5-3-13(11(17)12-9(5)16)10-8(15)7(14)6(19-10)4-18-2/h3,6-8,10,14-15H,4H2,1-2H3,(H,12,16,17)/t6-,7-,8-,10-/m1/s1. The number of hydrogen-bond donors (Lipinski definition) is 3. The van der Waals surface area contributed by atoms with E-state index in [1.165, 1.54) is 20.2 Å². The quantitative estimate of drug-likeness (QED) is 0.593. The summed E-state index contributed by atoms with van der Waals surface area (Å²) in [4.78, 5) is 25.1. The fourth-order valence-electron chi connectivity index (χ4n) is 2.04. The Morgan fingerprint density at radius 3 is 2.74 bits per heavy atom. The van der Waals surface area contributed by atoms with Crippen molar-refractivity contribution < 1.29 is 19.7 Å². The predicted molar refractivity (Wildman–Crippen MR) is 63.9 cm³/mol. The van der Waals surface area contributed by atoms with Gasteiger partial charge in [-0.05, 0) is 6.92 Å². The minimum atomic E-state index is -1.27. The van der Waals surface area contributed by atoms with Crippen molar-refractivity contribution in [2.75, 3.05) is 13.7 Å². The van der Waals surface area contributed by atoms with Gasteiger partial charge in [-0.3, -0.25) is 14.3 Å². The number of nitrogens with zero attached hydrogens (tertiary/aromatic N) is 1. The predicted octanol–water partition coefficient (Wildman–Crippen LogP) is -1.89. The molecule has 0 unspecified atom stereocenters. The Kier molecular flexibility index (Phi) is 3.85. The van der Waals surface area contributed by atoms with Gasteiger partial charge >= 0.3 is 5.69 Å². The molecule has 0 bridgehead atoms. The summed E-state index contributed by atoms with van der Waals surface area (Å²) in [6.45, 7) is 1.62. The molecule has 0 aliphatic carbocycles. The summed E-state index contributed by atoms with van der Waals surface area (Å²) in [6.07, 6.45) is -2.94. The zero-order valence-corrected chi connectivity index (χ0v) is 10.6. The minimum absolute atomic E-state index is 0.0891. The molecule has 8 nitrogen and oxygen atoms in total. The molecule has 1 aliphatic heterocycles. The van der Waals surface area contributed by atoms with Crippen LogP contribution in [-0.2, 0) is 9.47 Å². The second kappa shape index (κ2) is 5.25. The second-order valence-electron chi connectivity index (χ2n) is 4.48. The lowest BCUT2D eigenvalue weighted by Gasteiger charge is -2.17.